The highest BCUT2D eigenvalue weighted by Gasteiger charge is 2.27. The van der Waals surface area contributed by atoms with Crippen molar-refractivity contribution in [2.45, 2.75) is 38.5 Å². The first-order valence-corrected chi connectivity index (χ1v) is 5.04. The minimum absolute atomic E-state index is 0.926. The average molecular weight is 154 g/mol. The van der Waals surface area contributed by atoms with Gasteiger partial charge in [-0.1, -0.05) is 25.7 Å². The molecule has 0 spiro atoms. The summed E-state index contributed by atoms with van der Waals surface area (Å²) >= 11 is 0. The van der Waals surface area contributed by atoms with Crippen LogP contribution < -0.4 is 0 Å². The lowest BCUT2D eigenvalue weighted by Gasteiger charge is -2.19. The summed E-state index contributed by atoms with van der Waals surface area (Å²) in [6.45, 7) is 2.12. The van der Waals surface area contributed by atoms with Crippen LogP contribution >= 0.6 is 0 Å². The van der Waals surface area contributed by atoms with Crippen LogP contribution in [0.25, 0.3) is 0 Å². The predicted octanol–water partition coefficient (Wildman–Crippen LogP) is 2.60. The Labute approximate surface area is 69.1 Å². The number of fused-ring (bicyclic) bond motifs is 1. The van der Waals surface area contributed by atoms with Crippen LogP contribution in [0.5, 0.6) is 0 Å². The Balaban J connectivity index is 1.89. The zero-order valence-corrected chi connectivity index (χ0v) is 7.22. The lowest BCUT2D eigenvalue weighted by Crippen LogP contribution is -2.14. The van der Waals surface area contributed by atoms with Crippen LogP contribution in [-0.4, -0.2) is 13.2 Å². The second-order valence-electron chi connectivity index (χ2n) is 4.05. The average Bonchev–Trinajstić information content (AvgIpc) is 2.35. The second-order valence-corrected chi connectivity index (χ2v) is 4.05. The predicted molar refractivity (Wildman–Crippen MR) is 45.5 cm³/mol. The Hall–Kier alpha value is -0.0400. The van der Waals surface area contributed by atoms with E-state index in [-0.39, 0.29) is 0 Å². The molecule has 0 radical (unpaired) electrons. The van der Waals surface area contributed by atoms with E-state index in [0.29, 0.717) is 0 Å². The highest BCUT2D eigenvalue weighted by molar-refractivity contribution is 4.76. The van der Waals surface area contributed by atoms with E-state index in [1.807, 2.05) is 0 Å². The third kappa shape index (κ3) is 1.76. The van der Waals surface area contributed by atoms with E-state index >= 15 is 0 Å². The molecule has 11 heavy (non-hydrogen) atoms. The molecule has 2 aliphatic rings. The van der Waals surface area contributed by atoms with E-state index in [2.05, 4.69) is 0 Å². The van der Waals surface area contributed by atoms with E-state index in [4.69, 9.17) is 4.74 Å². The van der Waals surface area contributed by atoms with Crippen LogP contribution in [0.1, 0.15) is 38.5 Å². The molecule has 2 unspecified atom stereocenters. The van der Waals surface area contributed by atoms with Gasteiger partial charge in [-0.05, 0) is 24.7 Å². The Kier molecular flexibility index (Phi) is 2.47. The van der Waals surface area contributed by atoms with Crippen LogP contribution in [-0.2, 0) is 4.74 Å². The van der Waals surface area contributed by atoms with E-state index in [9.17, 15) is 0 Å². The Bertz CT molecular complexity index is 108. The van der Waals surface area contributed by atoms with Gasteiger partial charge in [0.2, 0.25) is 0 Å². The Morgan fingerprint density at radius 1 is 0.727 bits per heavy atom. The first-order valence-electron chi connectivity index (χ1n) is 5.04. The number of ether oxygens (including phenoxy) is 1. The van der Waals surface area contributed by atoms with Crippen molar-refractivity contribution in [1.29, 1.82) is 0 Å². The fraction of sp³-hybridized carbons (Fsp3) is 1.00. The van der Waals surface area contributed by atoms with Gasteiger partial charge in [0.05, 0.1) is 0 Å². The van der Waals surface area contributed by atoms with Gasteiger partial charge in [-0.2, -0.15) is 0 Å². The quantitative estimate of drug-likeness (QED) is 0.521. The van der Waals surface area contributed by atoms with Crippen molar-refractivity contribution >= 4 is 0 Å². The molecule has 2 rings (SSSR count). The van der Waals surface area contributed by atoms with Gasteiger partial charge in [-0.25, -0.2) is 0 Å². The molecule has 1 saturated carbocycles. The van der Waals surface area contributed by atoms with Crippen molar-refractivity contribution in [3.05, 3.63) is 0 Å². The molecule has 1 saturated heterocycles. The highest BCUT2D eigenvalue weighted by atomic mass is 16.5. The molecule has 0 bridgehead atoms. The lowest BCUT2D eigenvalue weighted by molar-refractivity contribution is 0.179. The van der Waals surface area contributed by atoms with E-state index < -0.39 is 0 Å². The molecule has 1 aliphatic heterocycles. The molecule has 0 aromatic carbocycles. The van der Waals surface area contributed by atoms with Crippen LogP contribution in [0.2, 0.25) is 0 Å². The first kappa shape index (κ1) is 7.60. The summed E-state index contributed by atoms with van der Waals surface area (Å²) in [7, 11) is 0. The Morgan fingerprint density at radius 3 is 1.82 bits per heavy atom. The number of rotatable bonds is 0. The molecule has 2 fully saturated rings. The molecule has 1 aliphatic carbocycles. The van der Waals surface area contributed by atoms with Crippen molar-refractivity contribution in [3.8, 4) is 0 Å². The molecule has 0 aromatic rings. The molecule has 0 N–H and O–H groups in total. The van der Waals surface area contributed by atoms with Gasteiger partial charge in [-0.15, -0.1) is 0 Å². The van der Waals surface area contributed by atoms with Crippen LogP contribution in [0, 0.1) is 11.8 Å². The third-order valence-corrected chi connectivity index (χ3v) is 3.23. The Morgan fingerprint density at radius 2 is 1.27 bits per heavy atom. The van der Waals surface area contributed by atoms with E-state index in [1.165, 1.54) is 38.5 Å². The fourth-order valence-corrected chi connectivity index (χ4v) is 2.45. The SMILES string of the molecule is C1CCCC2COCC2CC1. The molecule has 64 valence electrons. The molecule has 2 atom stereocenters. The summed E-state index contributed by atoms with van der Waals surface area (Å²) in [5.41, 5.74) is 0. The van der Waals surface area contributed by atoms with Crippen molar-refractivity contribution in [2.24, 2.45) is 11.8 Å². The number of hydrogen-bond acceptors (Lipinski definition) is 1. The zero-order valence-electron chi connectivity index (χ0n) is 7.22. The van der Waals surface area contributed by atoms with Crippen LogP contribution in [0.4, 0.5) is 0 Å². The topological polar surface area (TPSA) is 9.23 Å². The summed E-state index contributed by atoms with van der Waals surface area (Å²) in [5.74, 6) is 1.85. The van der Waals surface area contributed by atoms with Gasteiger partial charge < -0.3 is 4.74 Å². The molecule has 1 heterocycles. The summed E-state index contributed by atoms with van der Waals surface area (Å²) < 4.78 is 5.50. The van der Waals surface area contributed by atoms with Crippen LogP contribution in [0.15, 0.2) is 0 Å². The summed E-state index contributed by atoms with van der Waals surface area (Å²) in [5, 5.41) is 0. The normalized spacial score (nSPS) is 39.3. The minimum Gasteiger partial charge on any atom is -0.381 e. The monoisotopic (exact) mass is 154 g/mol. The van der Waals surface area contributed by atoms with E-state index in [0.717, 1.165) is 25.0 Å². The molecular formula is C10H18O. The molecule has 0 aromatic heterocycles. The van der Waals surface area contributed by atoms with Gasteiger partial charge in [-0.3, -0.25) is 0 Å². The third-order valence-electron chi connectivity index (χ3n) is 3.23. The summed E-state index contributed by atoms with van der Waals surface area (Å²) in [6, 6.07) is 0. The zero-order chi connectivity index (χ0) is 7.52. The summed E-state index contributed by atoms with van der Waals surface area (Å²) in [4.78, 5) is 0. The van der Waals surface area contributed by atoms with Crippen molar-refractivity contribution in [3.63, 3.8) is 0 Å². The largest absolute Gasteiger partial charge is 0.381 e. The first-order chi connectivity index (χ1) is 5.47. The molecule has 1 nitrogen and oxygen atoms in total. The van der Waals surface area contributed by atoms with Crippen molar-refractivity contribution in [2.75, 3.05) is 13.2 Å². The molecular weight excluding hydrogens is 136 g/mol. The fourth-order valence-electron chi connectivity index (χ4n) is 2.45. The number of hydrogen-bond donors (Lipinski definition) is 0. The van der Waals surface area contributed by atoms with E-state index in [1.54, 1.807) is 0 Å². The highest BCUT2D eigenvalue weighted by Crippen LogP contribution is 2.32. The standard InChI is InChI=1S/C10H18O/c1-2-4-6-10-8-11-7-9(10)5-3-1/h9-10H,1-8H2. The smallest absolute Gasteiger partial charge is 0.0497 e. The van der Waals surface area contributed by atoms with Gasteiger partial charge in [0.15, 0.2) is 0 Å². The van der Waals surface area contributed by atoms with Crippen molar-refractivity contribution in [1.82, 2.24) is 0 Å². The lowest BCUT2D eigenvalue weighted by atomic mass is 9.84. The maximum absolute atomic E-state index is 5.50. The minimum atomic E-state index is 0.926. The van der Waals surface area contributed by atoms with Gasteiger partial charge in [0.25, 0.3) is 0 Å². The molecule has 1 heteroatoms. The van der Waals surface area contributed by atoms with Gasteiger partial charge >= 0.3 is 0 Å². The van der Waals surface area contributed by atoms with Crippen LogP contribution in [0.3, 0.4) is 0 Å². The van der Waals surface area contributed by atoms with Crippen molar-refractivity contribution < 1.29 is 4.74 Å². The van der Waals surface area contributed by atoms with Gasteiger partial charge in [0, 0.05) is 13.2 Å². The maximum Gasteiger partial charge on any atom is 0.0497 e. The second kappa shape index (κ2) is 3.57. The molecule has 0 amide bonds. The summed E-state index contributed by atoms with van der Waals surface area (Å²) in [6.07, 6.45) is 8.69. The van der Waals surface area contributed by atoms with Gasteiger partial charge in [0.1, 0.15) is 0 Å². The maximum atomic E-state index is 5.50.